The summed E-state index contributed by atoms with van der Waals surface area (Å²) in [5.74, 6) is 0.201. The fourth-order valence-corrected chi connectivity index (χ4v) is 2.37. The van der Waals surface area contributed by atoms with Gasteiger partial charge in [0.2, 0.25) is 0 Å². The molecule has 16 heavy (non-hydrogen) atoms. The largest absolute Gasteiger partial charge is 0.462 e. The van der Waals surface area contributed by atoms with E-state index in [-0.39, 0.29) is 5.97 Å². The number of aromatic amines is 1. The van der Waals surface area contributed by atoms with Crippen molar-refractivity contribution in [1.82, 2.24) is 10.2 Å². The van der Waals surface area contributed by atoms with Gasteiger partial charge >= 0.3 is 5.97 Å². The maximum absolute atomic E-state index is 11.7. The average molecular weight is 222 g/mol. The Hall–Kier alpha value is -1.32. The van der Waals surface area contributed by atoms with Crippen LogP contribution in [0.1, 0.15) is 61.0 Å². The van der Waals surface area contributed by atoms with E-state index in [0.29, 0.717) is 18.1 Å². The van der Waals surface area contributed by atoms with Crippen LogP contribution in [0.4, 0.5) is 0 Å². The number of hydrogen-bond acceptors (Lipinski definition) is 3. The predicted molar refractivity (Wildman–Crippen MR) is 60.4 cm³/mol. The molecule has 0 saturated heterocycles. The number of aromatic nitrogens is 2. The molecule has 0 spiro atoms. The smallest absolute Gasteiger partial charge is 0.341 e. The molecule has 0 aromatic carbocycles. The van der Waals surface area contributed by atoms with Gasteiger partial charge in [0.1, 0.15) is 5.56 Å². The summed E-state index contributed by atoms with van der Waals surface area (Å²) in [6, 6.07) is 0. The lowest BCUT2D eigenvalue weighted by Gasteiger charge is -2.20. The van der Waals surface area contributed by atoms with Crippen LogP contribution in [0, 0.1) is 0 Å². The fourth-order valence-electron chi connectivity index (χ4n) is 2.37. The van der Waals surface area contributed by atoms with Gasteiger partial charge in [-0.3, -0.25) is 5.10 Å². The zero-order valence-electron chi connectivity index (χ0n) is 9.66. The molecule has 1 aliphatic carbocycles. The van der Waals surface area contributed by atoms with Gasteiger partial charge in [-0.2, -0.15) is 5.10 Å². The first-order chi connectivity index (χ1) is 7.83. The molecule has 1 aliphatic rings. The second-order valence-corrected chi connectivity index (χ2v) is 4.25. The van der Waals surface area contributed by atoms with Crippen molar-refractivity contribution in [2.75, 3.05) is 6.61 Å². The number of rotatable bonds is 3. The molecule has 1 aromatic heterocycles. The quantitative estimate of drug-likeness (QED) is 0.800. The predicted octanol–water partition coefficient (Wildman–Crippen LogP) is 2.63. The molecule has 1 N–H and O–H groups in total. The molecule has 88 valence electrons. The molecule has 1 fully saturated rings. The standard InChI is InChI=1S/C12H18N2O2/c1-2-16-12(15)10-8-13-14-11(10)9-6-4-3-5-7-9/h8-9H,2-7H2,1H3,(H,13,14). The van der Waals surface area contributed by atoms with Crippen molar-refractivity contribution in [3.05, 3.63) is 17.5 Å². The highest BCUT2D eigenvalue weighted by Crippen LogP contribution is 2.33. The molecule has 1 aromatic rings. The number of carbonyl (C=O) groups is 1. The lowest BCUT2D eigenvalue weighted by Crippen LogP contribution is -2.12. The molecular formula is C12H18N2O2. The molecule has 0 bridgehead atoms. The van der Waals surface area contributed by atoms with Gasteiger partial charge in [0.25, 0.3) is 0 Å². The van der Waals surface area contributed by atoms with Crippen molar-refractivity contribution < 1.29 is 9.53 Å². The molecule has 1 heterocycles. The zero-order chi connectivity index (χ0) is 11.4. The maximum atomic E-state index is 11.7. The Kier molecular flexibility index (Phi) is 3.59. The molecule has 0 unspecified atom stereocenters. The Morgan fingerprint density at radius 2 is 2.25 bits per heavy atom. The Morgan fingerprint density at radius 1 is 1.50 bits per heavy atom. The van der Waals surface area contributed by atoms with Crippen molar-refractivity contribution in [3.63, 3.8) is 0 Å². The molecule has 0 atom stereocenters. The second kappa shape index (κ2) is 5.14. The van der Waals surface area contributed by atoms with Gasteiger partial charge in [-0.05, 0) is 19.8 Å². The number of carbonyl (C=O) groups excluding carboxylic acids is 1. The van der Waals surface area contributed by atoms with E-state index in [1.54, 1.807) is 6.20 Å². The van der Waals surface area contributed by atoms with E-state index in [1.807, 2.05) is 6.92 Å². The van der Waals surface area contributed by atoms with Gasteiger partial charge in [-0.25, -0.2) is 4.79 Å². The van der Waals surface area contributed by atoms with Crippen molar-refractivity contribution in [1.29, 1.82) is 0 Å². The van der Waals surface area contributed by atoms with E-state index < -0.39 is 0 Å². The normalized spacial score (nSPS) is 17.3. The molecule has 4 nitrogen and oxygen atoms in total. The summed E-state index contributed by atoms with van der Waals surface area (Å²) in [4.78, 5) is 11.7. The zero-order valence-corrected chi connectivity index (χ0v) is 9.66. The Balaban J connectivity index is 2.14. The molecule has 1 saturated carbocycles. The van der Waals surface area contributed by atoms with Crippen LogP contribution in [0.2, 0.25) is 0 Å². The minimum absolute atomic E-state index is 0.253. The average Bonchev–Trinajstić information content (AvgIpc) is 2.79. The highest BCUT2D eigenvalue weighted by molar-refractivity contribution is 5.90. The third-order valence-corrected chi connectivity index (χ3v) is 3.18. The molecule has 0 amide bonds. The minimum Gasteiger partial charge on any atom is -0.462 e. The summed E-state index contributed by atoms with van der Waals surface area (Å²) < 4.78 is 5.02. The number of H-pyrrole nitrogens is 1. The SMILES string of the molecule is CCOC(=O)c1cn[nH]c1C1CCCCC1. The van der Waals surface area contributed by atoms with Crippen molar-refractivity contribution in [2.45, 2.75) is 44.9 Å². The van der Waals surface area contributed by atoms with Crippen LogP contribution < -0.4 is 0 Å². The van der Waals surface area contributed by atoms with Gasteiger partial charge in [-0.1, -0.05) is 19.3 Å². The molecule has 0 radical (unpaired) electrons. The second-order valence-electron chi connectivity index (χ2n) is 4.25. The summed E-state index contributed by atoms with van der Waals surface area (Å²) in [6.07, 6.45) is 7.67. The lowest BCUT2D eigenvalue weighted by molar-refractivity contribution is 0.0524. The van der Waals surface area contributed by atoms with Crippen LogP contribution in [-0.2, 0) is 4.74 Å². The lowest BCUT2D eigenvalue weighted by atomic mass is 9.85. The van der Waals surface area contributed by atoms with Crippen molar-refractivity contribution in [2.24, 2.45) is 0 Å². The summed E-state index contributed by atoms with van der Waals surface area (Å²) in [7, 11) is 0. The van der Waals surface area contributed by atoms with Crippen LogP contribution in [0.3, 0.4) is 0 Å². The van der Waals surface area contributed by atoms with E-state index in [9.17, 15) is 4.79 Å². The summed E-state index contributed by atoms with van der Waals surface area (Å²) in [6.45, 7) is 2.23. The molecule has 2 rings (SSSR count). The Labute approximate surface area is 95.4 Å². The number of nitrogens with zero attached hydrogens (tertiary/aromatic N) is 1. The van der Waals surface area contributed by atoms with Crippen LogP contribution in [0.25, 0.3) is 0 Å². The monoisotopic (exact) mass is 222 g/mol. The van der Waals surface area contributed by atoms with Crippen LogP contribution in [0.5, 0.6) is 0 Å². The number of hydrogen-bond donors (Lipinski definition) is 1. The molecule has 0 aliphatic heterocycles. The molecular weight excluding hydrogens is 204 g/mol. The van der Waals surface area contributed by atoms with Crippen LogP contribution in [0.15, 0.2) is 6.20 Å². The summed E-state index contributed by atoms with van der Waals surface area (Å²) in [5.41, 5.74) is 1.59. The number of ether oxygens (including phenoxy) is 1. The van der Waals surface area contributed by atoms with Gasteiger partial charge in [-0.15, -0.1) is 0 Å². The highest BCUT2D eigenvalue weighted by Gasteiger charge is 2.23. The fraction of sp³-hybridized carbons (Fsp3) is 0.667. The van der Waals surface area contributed by atoms with E-state index in [4.69, 9.17) is 4.74 Å². The minimum atomic E-state index is -0.253. The highest BCUT2D eigenvalue weighted by atomic mass is 16.5. The van der Waals surface area contributed by atoms with Gasteiger partial charge in [0.05, 0.1) is 18.5 Å². The number of nitrogens with one attached hydrogen (secondary N) is 1. The van der Waals surface area contributed by atoms with E-state index in [1.165, 1.54) is 19.3 Å². The third kappa shape index (κ3) is 2.26. The summed E-state index contributed by atoms with van der Waals surface area (Å²) in [5, 5.41) is 6.94. The Bertz CT molecular complexity index is 354. The first kappa shape index (κ1) is 11.2. The topological polar surface area (TPSA) is 55.0 Å². The molecule has 4 heteroatoms. The van der Waals surface area contributed by atoms with Gasteiger partial charge in [0, 0.05) is 5.92 Å². The number of esters is 1. The van der Waals surface area contributed by atoms with E-state index in [0.717, 1.165) is 18.5 Å². The third-order valence-electron chi connectivity index (χ3n) is 3.18. The van der Waals surface area contributed by atoms with E-state index in [2.05, 4.69) is 10.2 Å². The van der Waals surface area contributed by atoms with Crippen LogP contribution >= 0.6 is 0 Å². The van der Waals surface area contributed by atoms with Gasteiger partial charge < -0.3 is 4.74 Å². The Morgan fingerprint density at radius 3 is 2.94 bits per heavy atom. The van der Waals surface area contributed by atoms with Crippen molar-refractivity contribution >= 4 is 5.97 Å². The first-order valence-electron chi connectivity index (χ1n) is 6.03. The van der Waals surface area contributed by atoms with Crippen molar-refractivity contribution in [3.8, 4) is 0 Å². The maximum Gasteiger partial charge on any atom is 0.341 e. The summed E-state index contributed by atoms with van der Waals surface area (Å²) >= 11 is 0. The van der Waals surface area contributed by atoms with E-state index >= 15 is 0 Å². The van der Waals surface area contributed by atoms with Gasteiger partial charge in [0.15, 0.2) is 0 Å². The van der Waals surface area contributed by atoms with Crippen LogP contribution in [-0.4, -0.2) is 22.8 Å². The first-order valence-corrected chi connectivity index (χ1v) is 6.03.